The van der Waals surface area contributed by atoms with Crippen molar-refractivity contribution >= 4 is 0 Å². The molecule has 7 rings (SSSR count). The minimum Gasteiger partial charge on any atom is -0.491 e. The van der Waals surface area contributed by atoms with Gasteiger partial charge in [0.15, 0.2) is 0 Å². The van der Waals surface area contributed by atoms with Crippen molar-refractivity contribution in [1.82, 2.24) is 4.98 Å². The van der Waals surface area contributed by atoms with Crippen LogP contribution >= 0.6 is 0 Å². The van der Waals surface area contributed by atoms with Crippen molar-refractivity contribution in [2.75, 3.05) is 39.6 Å². The molecule has 2 saturated heterocycles. The minimum absolute atomic E-state index is 0.00719. The van der Waals surface area contributed by atoms with E-state index in [4.69, 9.17) is 37.9 Å². The van der Waals surface area contributed by atoms with Gasteiger partial charge in [-0.25, -0.2) is 4.98 Å². The van der Waals surface area contributed by atoms with E-state index in [1.165, 1.54) is 0 Å². The lowest BCUT2D eigenvalue weighted by molar-refractivity contribution is 0.0241. The Bertz CT molecular complexity index is 1640. The lowest BCUT2D eigenvalue weighted by Crippen LogP contribution is -2.20. The van der Waals surface area contributed by atoms with Gasteiger partial charge in [-0.1, -0.05) is 48.5 Å². The minimum atomic E-state index is 0.00719. The monoisotopic (exact) mass is 675 g/mol. The van der Waals surface area contributed by atoms with Crippen molar-refractivity contribution in [3.05, 3.63) is 115 Å². The fraction of sp³-hybridized carbons (Fsp3) is 0.293. The van der Waals surface area contributed by atoms with Crippen molar-refractivity contribution in [3.8, 4) is 56.9 Å². The lowest BCUT2D eigenvalue weighted by Gasteiger charge is -2.14. The molecule has 1 aromatic heterocycles. The molecule has 0 aliphatic carbocycles. The summed E-state index contributed by atoms with van der Waals surface area (Å²) in [4.78, 5) is 4.43. The molecule has 0 saturated carbocycles. The van der Waals surface area contributed by atoms with Crippen molar-refractivity contribution in [2.24, 2.45) is 0 Å². The molecule has 2 aliphatic heterocycles. The van der Waals surface area contributed by atoms with E-state index in [1.54, 1.807) is 12.3 Å². The van der Waals surface area contributed by atoms with E-state index in [2.05, 4.69) is 4.98 Å². The van der Waals surface area contributed by atoms with Gasteiger partial charge in [-0.15, -0.1) is 0 Å². The number of benzene rings is 4. The molecule has 4 atom stereocenters. The van der Waals surface area contributed by atoms with Crippen LogP contribution in [-0.2, 0) is 18.9 Å². The van der Waals surface area contributed by atoms with Gasteiger partial charge in [0.05, 0.1) is 44.8 Å². The number of hydrogen-bond acceptors (Lipinski definition) is 9. The molecule has 4 unspecified atom stereocenters. The Morgan fingerprint density at radius 1 is 0.520 bits per heavy atom. The summed E-state index contributed by atoms with van der Waals surface area (Å²) >= 11 is 0. The molecule has 258 valence electrons. The van der Waals surface area contributed by atoms with Crippen LogP contribution in [0, 0.1) is 0 Å². The highest BCUT2D eigenvalue weighted by Crippen LogP contribution is 2.30. The third-order valence-corrected chi connectivity index (χ3v) is 8.16. The molecule has 9 heteroatoms. The van der Waals surface area contributed by atoms with Crippen LogP contribution in [0.1, 0.15) is 13.8 Å². The van der Waals surface area contributed by atoms with Crippen LogP contribution < -0.4 is 18.9 Å². The summed E-state index contributed by atoms with van der Waals surface area (Å²) in [5.74, 6) is 4.12. The summed E-state index contributed by atoms with van der Waals surface area (Å²) in [5.41, 5.74) is 4.33. The number of ether oxygens (including phenoxy) is 8. The van der Waals surface area contributed by atoms with E-state index < -0.39 is 0 Å². The van der Waals surface area contributed by atoms with E-state index in [1.807, 2.05) is 117 Å². The Labute approximate surface area is 292 Å². The van der Waals surface area contributed by atoms with Crippen molar-refractivity contribution in [2.45, 2.75) is 38.3 Å². The number of pyridine rings is 1. The average molecular weight is 676 g/mol. The molecule has 0 bridgehead atoms. The Kier molecular flexibility index (Phi) is 10.9. The quantitative estimate of drug-likeness (QED) is 0.0850. The summed E-state index contributed by atoms with van der Waals surface area (Å²) in [7, 11) is 0. The highest BCUT2D eigenvalue weighted by Gasteiger charge is 2.24. The number of hydrogen-bond donors (Lipinski definition) is 0. The zero-order valence-corrected chi connectivity index (χ0v) is 28.2. The van der Waals surface area contributed by atoms with Gasteiger partial charge in [-0.05, 0) is 90.7 Å². The molecule has 0 N–H and O–H groups in total. The first-order valence-corrected chi connectivity index (χ1v) is 17.0. The number of aromatic nitrogens is 1. The SMILES string of the molecule is CC(COc1ccc(-c2ccc(Oc3ccc(Oc4ccc(-c5ccc(OCC(C)OCC6CO6)cc5)cc4)nc3)cc2)cc1)OCC1CO1. The molecule has 0 radical (unpaired) electrons. The Morgan fingerprint density at radius 3 is 1.28 bits per heavy atom. The molecule has 5 aromatic rings. The molecule has 2 aliphatic rings. The van der Waals surface area contributed by atoms with E-state index in [-0.39, 0.29) is 24.4 Å². The van der Waals surface area contributed by atoms with Gasteiger partial charge in [0.2, 0.25) is 5.88 Å². The summed E-state index contributed by atoms with van der Waals surface area (Å²) < 4.78 is 45.6. The maximum absolute atomic E-state index is 6.03. The van der Waals surface area contributed by atoms with Gasteiger partial charge in [0, 0.05) is 6.07 Å². The predicted octanol–water partition coefficient (Wildman–Crippen LogP) is 8.37. The second kappa shape index (κ2) is 16.2. The van der Waals surface area contributed by atoms with Crippen molar-refractivity contribution < 1.29 is 37.9 Å². The van der Waals surface area contributed by atoms with Gasteiger partial charge >= 0.3 is 0 Å². The Morgan fingerprint density at radius 2 is 0.900 bits per heavy atom. The van der Waals surface area contributed by atoms with Gasteiger partial charge in [-0.3, -0.25) is 0 Å². The van der Waals surface area contributed by atoms with Crippen molar-refractivity contribution in [1.29, 1.82) is 0 Å². The van der Waals surface area contributed by atoms with Gasteiger partial charge in [-0.2, -0.15) is 0 Å². The molecule has 9 nitrogen and oxygen atoms in total. The van der Waals surface area contributed by atoms with Gasteiger partial charge in [0.25, 0.3) is 0 Å². The second-order valence-electron chi connectivity index (χ2n) is 12.5. The number of nitrogens with zero attached hydrogens (tertiary/aromatic N) is 1. The molecular weight excluding hydrogens is 634 g/mol. The summed E-state index contributed by atoms with van der Waals surface area (Å²) in [5, 5.41) is 0. The maximum atomic E-state index is 6.03. The van der Waals surface area contributed by atoms with Crippen LogP contribution in [0.3, 0.4) is 0 Å². The lowest BCUT2D eigenvalue weighted by atomic mass is 10.1. The molecule has 50 heavy (non-hydrogen) atoms. The Hall–Kier alpha value is -4.93. The van der Waals surface area contributed by atoms with Crippen LogP contribution in [0.15, 0.2) is 115 Å². The van der Waals surface area contributed by atoms with Crippen LogP contribution in [0.5, 0.6) is 34.6 Å². The molecular formula is C41H41NO8. The average Bonchev–Trinajstić information content (AvgIpc) is 4.10. The largest absolute Gasteiger partial charge is 0.491 e. The van der Waals surface area contributed by atoms with Crippen LogP contribution in [0.2, 0.25) is 0 Å². The highest BCUT2D eigenvalue weighted by atomic mass is 16.6. The van der Waals surface area contributed by atoms with Crippen LogP contribution in [0.25, 0.3) is 22.3 Å². The smallest absolute Gasteiger partial charge is 0.219 e. The predicted molar refractivity (Wildman–Crippen MR) is 189 cm³/mol. The van der Waals surface area contributed by atoms with Crippen molar-refractivity contribution in [3.63, 3.8) is 0 Å². The first-order valence-electron chi connectivity index (χ1n) is 17.0. The van der Waals surface area contributed by atoms with Gasteiger partial charge in [0.1, 0.15) is 54.2 Å². The first kappa shape index (κ1) is 33.6. The number of rotatable bonds is 18. The van der Waals surface area contributed by atoms with Crippen LogP contribution in [-0.4, -0.2) is 69.0 Å². The molecule has 4 aromatic carbocycles. The van der Waals surface area contributed by atoms with E-state index in [0.717, 1.165) is 47.0 Å². The normalized spacial score (nSPS) is 17.4. The fourth-order valence-corrected chi connectivity index (χ4v) is 5.06. The molecule has 2 fully saturated rings. The van der Waals surface area contributed by atoms with Gasteiger partial charge < -0.3 is 37.9 Å². The molecule has 0 amide bonds. The molecule has 3 heterocycles. The van der Waals surface area contributed by atoms with E-state index in [0.29, 0.717) is 49.6 Å². The topological polar surface area (TPSA) is 93.3 Å². The summed E-state index contributed by atoms with van der Waals surface area (Å²) in [6, 6.07) is 35.5. The van der Waals surface area contributed by atoms with Crippen LogP contribution in [0.4, 0.5) is 0 Å². The molecule has 0 spiro atoms. The summed E-state index contributed by atoms with van der Waals surface area (Å²) in [6.07, 6.45) is 2.18. The summed E-state index contributed by atoms with van der Waals surface area (Å²) in [6.45, 7) is 7.83. The third kappa shape index (κ3) is 10.1. The maximum Gasteiger partial charge on any atom is 0.219 e. The fourth-order valence-electron chi connectivity index (χ4n) is 5.06. The highest BCUT2D eigenvalue weighted by molar-refractivity contribution is 5.66. The van der Waals surface area contributed by atoms with E-state index in [9.17, 15) is 0 Å². The number of epoxide rings is 2. The first-order chi connectivity index (χ1) is 24.5. The zero-order chi connectivity index (χ0) is 34.1. The zero-order valence-electron chi connectivity index (χ0n) is 28.2. The Balaban J connectivity index is 0.851. The van der Waals surface area contributed by atoms with E-state index >= 15 is 0 Å². The third-order valence-electron chi connectivity index (χ3n) is 8.16. The second-order valence-corrected chi connectivity index (χ2v) is 12.5. The standard InChI is InChI=1S/C41H41NO8/c1-28(43-24-39-26-47-39)22-45-34-11-3-30(4-12-34)32-7-15-36(16-8-32)49-38-19-20-41(42-21-38)50-37-17-9-33(10-18-37)31-5-13-35(14-6-31)46-23-29(2)44-25-40-27-48-40/h3-21,28-29,39-40H,22-27H2,1-2H3.